The van der Waals surface area contributed by atoms with Crippen molar-refractivity contribution in [2.75, 3.05) is 0 Å². The van der Waals surface area contributed by atoms with Crippen LogP contribution in [0.4, 0.5) is 0 Å². The van der Waals surface area contributed by atoms with E-state index in [9.17, 15) is 8.42 Å². The summed E-state index contributed by atoms with van der Waals surface area (Å²) in [6.07, 6.45) is 0. The molecule has 2 N–H and O–H groups in total. The van der Waals surface area contributed by atoms with E-state index in [1.807, 2.05) is 22.6 Å². The van der Waals surface area contributed by atoms with E-state index in [1.54, 1.807) is 12.1 Å². The van der Waals surface area contributed by atoms with Gasteiger partial charge in [-0.25, -0.2) is 18.5 Å². The number of para-hydroxylation sites is 1. The van der Waals surface area contributed by atoms with E-state index in [0.717, 1.165) is 0 Å². The van der Waals surface area contributed by atoms with Crippen LogP contribution in [0.2, 0.25) is 0 Å². The molecule has 2 rings (SSSR count). The van der Waals surface area contributed by atoms with Crippen molar-refractivity contribution in [2.24, 2.45) is 5.14 Å². The van der Waals surface area contributed by atoms with E-state index in [2.05, 4.69) is 4.98 Å². The molecule has 0 spiro atoms. The zero-order chi connectivity index (χ0) is 10.3. The maximum atomic E-state index is 11.1. The highest BCUT2D eigenvalue weighted by Crippen LogP contribution is 2.22. The first kappa shape index (κ1) is 9.87. The molecule has 0 aliphatic carbocycles. The fourth-order valence-corrected chi connectivity index (χ4v) is 2.29. The molecular formula is C7H5IN2O3S. The smallest absolute Gasteiger partial charge is 0.258 e. The molecule has 0 atom stereocenters. The fourth-order valence-electron chi connectivity index (χ4n) is 1.13. The van der Waals surface area contributed by atoms with Crippen LogP contribution in [0.25, 0.3) is 11.1 Å². The highest BCUT2D eigenvalue weighted by Gasteiger charge is 2.15. The van der Waals surface area contributed by atoms with Crippen LogP contribution >= 0.6 is 22.6 Å². The molecule has 1 heterocycles. The van der Waals surface area contributed by atoms with Crippen LogP contribution in [-0.4, -0.2) is 13.4 Å². The highest BCUT2D eigenvalue weighted by molar-refractivity contribution is 14.1. The Hall–Kier alpha value is -0.670. The number of fused-ring (bicyclic) bond motifs is 1. The van der Waals surface area contributed by atoms with Gasteiger partial charge in [0.1, 0.15) is 10.4 Å². The number of rotatable bonds is 1. The van der Waals surface area contributed by atoms with Crippen molar-refractivity contribution in [3.63, 3.8) is 0 Å². The number of nitrogens with zero attached hydrogens (tertiary/aromatic N) is 1. The lowest BCUT2D eigenvalue weighted by atomic mass is 10.3. The minimum absolute atomic E-state index is 0.0123. The summed E-state index contributed by atoms with van der Waals surface area (Å²) in [5.74, 6) is 0. The molecule has 0 aliphatic heterocycles. The van der Waals surface area contributed by atoms with Crippen molar-refractivity contribution < 1.29 is 12.8 Å². The minimum Gasteiger partial charge on any atom is -0.432 e. The van der Waals surface area contributed by atoms with Gasteiger partial charge in [0.05, 0.1) is 0 Å². The largest absolute Gasteiger partial charge is 0.432 e. The van der Waals surface area contributed by atoms with Gasteiger partial charge in [-0.3, -0.25) is 0 Å². The van der Waals surface area contributed by atoms with Crippen molar-refractivity contribution in [1.29, 1.82) is 0 Å². The molecule has 74 valence electrons. The minimum atomic E-state index is -3.74. The van der Waals surface area contributed by atoms with Gasteiger partial charge >= 0.3 is 0 Å². The van der Waals surface area contributed by atoms with Crippen LogP contribution in [0, 0.1) is 3.90 Å². The van der Waals surface area contributed by atoms with Gasteiger partial charge in [-0.1, -0.05) is 6.07 Å². The number of sulfonamides is 1. The first-order valence-corrected chi connectivity index (χ1v) is 6.19. The molecular weight excluding hydrogens is 319 g/mol. The van der Waals surface area contributed by atoms with Gasteiger partial charge in [0.25, 0.3) is 3.90 Å². The van der Waals surface area contributed by atoms with Crippen LogP contribution < -0.4 is 5.14 Å². The molecule has 14 heavy (non-hydrogen) atoms. The van der Waals surface area contributed by atoms with Crippen LogP contribution in [0.3, 0.4) is 0 Å². The fraction of sp³-hybridized carbons (Fsp3) is 0. The first-order valence-electron chi connectivity index (χ1n) is 3.56. The number of nitrogens with two attached hydrogens (primary N) is 1. The SMILES string of the molecule is NS(=O)(=O)c1cccc2oc(I)nc12. The number of halogens is 1. The van der Waals surface area contributed by atoms with Crippen molar-refractivity contribution in [3.8, 4) is 0 Å². The number of oxazole rings is 1. The zero-order valence-electron chi connectivity index (χ0n) is 6.77. The van der Waals surface area contributed by atoms with Gasteiger partial charge in [0.2, 0.25) is 10.0 Å². The summed E-state index contributed by atoms with van der Waals surface area (Å²) in [6.45, 7) is 0. The third-order valence-corrected chi connectivity index (χ3v) is 3.07. The summed E-state index contributed by atoms with van der Waals surface area (Å²) in [5, 5.41) is 5.02. The number of hydrogen-bond acceptors (Lipinski definition) is 4. The van der Waals surface area contributed by atoms with Gasteiger partial charge in [-0.2, -0.15) is 0 Å². The summed E-state index contributed by atoms with van der Waals surface area (Å²) in [6, 6.07) is 4.60. The van der Waals surface area contributed by atoms with Crippen molar-refractivity contribution >= 4 is 43.7 Å². The molecule has 1 aromatic heterocycles. The standard InChI is InChI=1S/C7H5IN2O3S/c8-7-10-6-4(13-7)2-1-3-5(6)14(9,11)12/h1-3H,(H2,9,11,12). The van der Waals surface area contributed by atoms with Crippen molar-refractivity contribution in [1.82, 2.24) is 4.98 Å². The summed E-state index contributed by atoms with van der Waals surface area (Å²) in [4.78, 5) is 3.93. The average molecular weight is 324 g/mol. The van der Waals surface area contributed by atoms with Crippen LogP contribution in [-0.2, 0) is 10.0 Å². The summed E-state index contributed by atoms with van der Waals surface area (Å²) >= 11 is 1.86. The summed E-state index contributed by atoms with van der Waals surface area (Å²) in [5.41, 5.74) is 0.695. The second kappa shape index (κ2) is 3.17. The molecule has 5 nitrogen and oxygen atoms in total. The molecule has 0 saturated heterocycles. The van der Waals surface area contributed by atoms with Crippen LogP contribution in [0.15, 0.2) is 27.5 Å². The molecule has 0 unspecified atom stereocenters. The number of primary sulfonamides is 1. The lowest BCUT2D eigenvalue weighted by Gasteiger charge is -1.96. The Bertz CT molecular complexity index is 590. The zero-order valence-corrected chi connectivity index (χ0v) is 9.74. The molecule has 7 heteroatoms. The van der Waals surface area contributed by atoms with E-state index in [1.165, 1.54) is 6.07 Å². The molecule has 0 fully saturated rings. The Morgan fingerprint density at radius 2 is 2.14 bits per heavy atom. The predicted molar refractivity (Wildman–Crippen MR) is 58.1 cm³/mol. The van der Waals surface area contributed by atoms with Crippen molar-refractivity contribution in [2.45, 2.75) is 4.90 Å². The third kappa shape index (κ3) is 1.62. The van der Waals surface area contributed by atoms with E-state index in [4.69, 9.17) is 9.56 Å². The van der Waals surface area contributed by atoms with E-state index in [-0.39, 0.29) is 10.4 Å². The normalized spacial score (nSPS) is 12.1. The number of benzene rings is 1. The van der Waals surface area contributed by atoms with E-state index in [0.29, 0.717) is 9.48 Å². The van der Waals surface area contributed by atoms with Crippen LogP contribution in [0.5, 0.6) is 0 Å². The monoisotopic (exact) mass is 324 g/mol. The quantitative estimate of drug-likeness (QED) is 0.796. The Kier molecular flexibility index (Phi) is 2.24. The lowest BCUT2D eigenvalue weighted by molar-refractivity contribution is 0.566. The maximum Gasteiger partial charge on any atom is 0.258 e. The van der Waals surface area contributed by atoms with Gasteiger partial charge in [-0.05, 0) is 12.1 Å². The maximum absolute atomic E-state index is 11.1. The Morgan fingerprint density at radius 1 is 1.43 bits per heavy atom. The summed E-state index contributed by atoms with van der Waals surface area (Å²) in [7, 11) is -3.74. The molecule has 0 amide bonds. The van der Waals surface area contributed by atoms with Gasteiger partial charge < -0.3 is 4.42 Å². The van der Waals surface area contributed by atoms with Gasteiger partial charge in [0, 0.05) is 22.6 Å². The number of hydrogen-bond donors (Lipinski definition) is 1. The molecule has 0 saturated carbocycles. The second-order valence-corrected chi connectivity index (χ2v) is 5.07. The predicted octanol–water partition coefficient (Wildman–Crippen LogP) is 1.08. The van der Waals surface area contributed by atoms with E-state index >= 15 is 0 Å². The highest BCUT2D eigenvalue weighted by atomic mass is 127. The molecule has 0 radical (unpaired) electrons. The Balaban J connectivity index is 2.90. The summed E-state index contributed by atoms with van der Waals surface area (Å²) < 4.78 is 27.8. The first-order chi connectivity index (χ1) is 6.48. The molecule has 1 aromatic carbocycles. The second-order valence-electron chi connectivity index (χ2n) is 2.61. The number of aromatic nitrogens is 1. The Morgan fingerprint density at radius 3 is 2.79 bits per heavy atom. The molecule has 0 aliphatic rings. The van der Waals surface area contributed by atoms with Gasteiger partial charge in [-0.15, -0.1) is 0 Å². The molecule has 2 aromatic rings. The Labute approximate surface area is 93.5 Å². The lowest BCUT2D eigenvalue weighted by Crippen LogP contribution is -2.12. The molecule has 0 bridgehead atoms. The topological polar surface area (TPSA) is 86.2 Å². The van der Waals surface area contributed by atoms with Crippen molar-refractivity contribution in [3.05, 3.63) is 22.1 Å². The average Bonchev–Trinajstić information content (AvgIpc) is 2.41. The van der Waals surface area contributed by atoms with E-state index < -0.39 is 10.0 Å². The third-order valence-electron chi connectivity index (χ3n) is 1.66. The van der Waals surface area contributed by atoms with Crippen LogP contribution in [0.1, 0.15) is 0 Å². The van der Waals surface area contributed by atoms with Gasteiger partial charge in [0.15, 0.2) is 5.58 Å².